The van der Waals surface area contributed by atoms with Gasteiger partial charge in [0.2, 0.25) is 5.91 Å². The molecule has 0 bridgehead atoms. The lowest BCUT2D eigenvalue weighted by Gasteiger charge is -2.35. The molecule has 1 aromatic rings. The van der Waals surface area contributed by atoms with E-state index in [4.69, 9.17) is 0 Å². The van der Waals surface area contributed by atoms with Crippen molar-refractivity contribution >= 4 is 11.6 Å². The molecule has 1 aliphatic rings. The number of carbonyl (C=O) groups is 1. The van der Waals surface area contributed by atoms with Gasteiger partial charge in [-0.2, -0.15) is 0 Å². The summed E-state index contributed by atoms with van der Waals surface area (Å²) >= 11 is 0. The number of anilines is 1. The number of benzene rings is 1. The van der Waals surface area contributed by atoms with Crippen LogP contribution in [0.1, 0.15) is 46.0 Å². The number of nitrogens with one attached hydrogen (secondary N) is 1. The Morgan fingerprint density at radius 1 is 1.12 bits per heavy atom. The van der Waals surface area contributed by atoms with Crippen molar-refractivity contribution in [1.82, 2.24) is 10.2 Å². The molecular formula is C20H33N3O2. The summed E-state index contributed by atoms with van der Waals surface area (Å²) in [5, 5.41) is 12.5. The summed E-state index contributed by atoms with van der Waals surface area (Å²) in [4.78, 5) is 16.7. The number of phenolic OH excluding ortho intramolecular Hbond substituents is 1. The largest absolute Gasteiger partial charge is 0.508 e. The Labute approximate surface area is 152 Å². The first-order valence-corrected chi connectivity index (χ1v) is 9.64. The number of piperazine rings is 1. The fraction of sp³-hybridized carbons (Fsp3) is 0.650. The molecule has 0 saturated carbocycles. The first-order chi connectivity index (χ1) is 12.1. The summed E-state index contributed by atoms with van der Waals surface area (Å²) in [5.74, 6) is 0.434. The molecule has 0 unspecified atom stereocenters. The third-order valence-corrected chi connectivity index (χ3v) is 4.85. The molecule has 1 amide bonds. The van der Waals surface area contributed by atoms with Crippen molar-refractivity contribution in [2.24, 2.45) is 0 Å². The van der Waals surface area contributed by atoms with E-state index in [0.29, 0.717) is 12.3 Å². The van der Waals surface area contributed by atoms with Gasteiger partial charge in [0.25, 0.3) is 0 Å². The van der Waals surface area contributed by atoms with Gasteiger partial charge in [-0.3, -0.25) is 9.69 Å². The quantitative estimate of drug-likeness (QED) is 0.674. The zero-order chi connectivity index (χ0) is 18.1. The van der Waals surface area contributed by atoms with E-state index >= 15 is 0 Å². The Hall–Kier alpha value is -1.75. The molecule has 0 spiro atoms. The molecule has 1 atom stereocenters. The maximum absolute atomic E-state index is 12.2. The van der Waals surface area contributed by atoms with Crippen LogP contribution in [0.25, 0.3) is 0 Å². The van der Waals surface area contributed by atoms with Crippen molar-refractivity contribution < 1.29 is 9.90 Å². The minimum Gasteiger partial charge on any atom is -0.508 e. The monoisotopic (exact) mass is 347 g/mol. The highest BCUT2D eigenvalue weighted by atomic mass is 16.3. The molecule has 5 heteroatoms. The van der Waals surface area contributed by atoms with Crippen LogP contribution in [0.3, 0.4) is 0 Å². The van der Waals surface area contributed by atoms with Crippen LogP contribution in [0.4, 0.5) is 5.69 Å². The molecule has 140 valence electrons. The molecule has 0 aliphatic carbocycles. The summed E-state index contributed by atoms with van der Waals surface area (Å²) < 4.78 is 0. The fourth-order valence-electron chi connectivity index (χ4n) is 3.30. The molecule has 1 aliphatic heterocycles. The second kappa shape index (κ2) is 10.3. The standard InChI is InChI=1S/C20H33N3O2/c1-3-4-5-6-7-17(2)21-20(25)16-22-12-14-23(15-13-22)18-8-10-19(24)11-9-18/h8-11,17,24H,3-7,12-16H2,1-2H3,(H,21,25)/t17-/m1/s1. The smallest absolute Gasteiger partial charge is 0.234 e. The van der Waals surface area contributed by atoms with Crippen LogP contribution >= 0.6 is 0 Å². The molecule has 0 radical (unpaired) electrons. The van der Waals surface area contributed by atoms with Crippen LogP contribution < -0.4 is 10.2 Å². The normalized spacial score (nSPS) is 16.6. The van der Waals surface area contributed by atoms with E-state index in [1.807, 2.05) is 12.1 Å². The highest BCUT2D eigenvalue weighted by molar-refractivity contribution is 5.78. The number of hydrogen-bond acceptors (Lipinski definition) is 4. The van der Waals surface area contributed by atoms with Crippen molar-refractivity contribution in [2.75, 3.05) is 37.6 Å². The SMILES string of the molecule is CCCCCC[C@@H](C)NC(=O)CN1CCN(c2ccc(O)cc2)CC1. The van der Waals surface area contributed by atoms with E-state index in [9.17, 15) is 9.90 Å². The molecular weight excluding hydrogens is 314 g/mol. The third-order valence-electron chi connectivity index (χ3n) is 4.85. The zero-order valence-corrected chi connectivity index (χ0v) is 15.7. The van der Waals surface area contributed by atoms with E-state index in [-0.39, 0.29) is 11.9 Å². The summed E-state index contributed by atoms with van der Waals surface area (Å²) in [6.45, 7) is 8.40. The lowest BCUT2D eigenvalue weighted by Crippen LogP contribution is -2.50. The Balaban J connectivity index is 1.65. The number of rotatable bonds is 9. The average Bonchev–Trinajstić information content (AvgIpc) is 2.60. The molecule has 25 heavy (non-hydrogen) atoms. The van der Waals surface area contributed by atoms with Gasteiger partial charge in [0, 0.05) is 37.9 Å². The van der Waals surface area contributed by atoms with Gasteiger partial charge in [-0.25, -0.2) is 0 Å². The van der Waals surface area contributed by atoms with Gasteiger partial charge in [-0.05, 0) is 37.6 Å². The van der Waals surface area contributed by atoms with Crippen LogP contribution in [0.5, 0.6) is 5.75 Å². The number of carbonyl (C=O) groups excluding carboxylic acids is 1. The number of unbranched alkanes of at least 4 members (excludes halogenated alkanes) is 3. The molecule has 1 aromatic carbocycles. The van der Waals surface area contributed by atoms with Crippen molar-refractivity contribution in [3.05, 3.63) is 24.3 Å². The lowest BCUT2D eigenvalue weighted by atomic mass is 10.1. The predicted molar refractivity (Wildman–Crippen MR) is 103 cm³/mol. The number of nitrogens with zero attached hydrogens (tertiary/aromatic N) is 2. The molecule has 1 heterocycles. The van der Waals surface area contributed by atoms with Gasteiger partial charge in [0.1, 0.15) is 5.75 Å². The predicted octanol–water partition coefficient (Wildman–Crippen LogP) is 2.99. The number of amides is 1. The maximum Gasteiger partial charge on any atom is 0.234 e. The minimum absolute atomic E-state index is 0.140. The van der Waals surface area contributed by atoms with Crippen molar-refractivity contribution in [2.45, 2.75) is 52.0 Å². The summed E-state index contributed by atoms with van der Waals surface area (Å²) in [5.41, 5.74) is 1.13. The highest BCUT2D eigenvalue weighted by Crippen LogP contribution is 2.19. The Kier molecular flexibility index (Phi) is 8.06. The lowest BCUT2D eigenvalue weighted by molar-refractivity contribution is -0.123. The molecule has 1 saturated heterocycles. The number of aromatic hydroxyl groups is 1. The van der Waals surface area contributed by atoms with E-state index in [1.165, 1.54) is 25.7 Å². The van der Waals surface area contributed by atoms with Gasteiger partial charge in [-0.1, -0.05) is 32.6 Å². The highest BCUT2D eigenvalue weighted by Gasteiger charge is 2.19. The second-order valence-corrected chi connectivity index (χ2v) is 7.10. The minimum atomic E-state index is 0.140. The van der Waals surface area contributed by atoms with Gasteiger partial charge in [0.05, 0.1) is 6.54 Å². The maximum atomic E-state index is 12.2. The third kappa shape index (κ3) is 6.94. The van der Waals surface area contributed by atoms with Crippen molar-refractivity contribution in [3.8, 4) is 5.75 Å². The fourth-order valence-corrected chi connectivity index (χ4v) is 3.30. The summed E-state index contributed by atoms with van der Waals surface area (Å²) in [6, 6.07) is 7.59. The molecule has 1 fully saturated rings. The van der Waals surface area contributed by atoms with Gasteiger partial charge in [0.15, 0.2) is 0 Å². The van der Waals surface area contributed by atoms with Gasteiger partial charge < -0.3 is 15.3 Å². The molecule has 2 rings (SSSR count). The zero-order valence-electron chi connectivity index (χ0n) is 15.7. The van der Waals surface area contributed by atoms with E-state index in [0.717, 1.165) is 38.3 Å². The van der Waals surface area contributed by atoms with Crippen LogP contribution in [0.2, 0.25) is 0 Å². The average molecular weight is 348 g/mol. The summed E-state index contributed by atoms with van der Waals surface area (Å²) in [7, 11) is 0. The second-order valence-electron chi connectivity index (χ2n) is 7.10. The van der Waals surface area contributed by atoms with Crippen LogP contribution in [-0.4, -0.2) is 54.7 Å². The van der Waals surface area contributed by atoms with Gasteiger partial charge >= 0.3 is 0 Å². The van der Waals surface area contributed by atoms with Crippen LogP contribution in [0, 0.1) is 0 Å². The van der Waals surface area contributed by atoms with E-state index in [2.05, 4.69) is 29.0 Å². The first-order valence-electron chi connectivity index (χ1n) is 9.64. The number of phenols is 1. The Bertz CT molecular complexity index is 510. The number of hydrogen-bond donors (Lipinski definition) is 2. The van der Waals surface area contributed by atoms with E-state index < -0.39 is 0 Å². The summed E-state index contributed by atoms with van der Waals surface area (Å²) in [6.07, 6.45) is 6.06. The van der Waals surface area contributed by atoms with Crippen LogP contribution in [0.15, 0.2) is 24.3 Å². The van der Waals surface area contributed by atoms with Gasteiger partial charge in [-0.15, -0.1) is 0 Å². The molecule has 0 aromatic heterocycles. The molecule has 2 N–H and O–H groups in total. The molecule has 5 nitrogen and oxygen atoms in total. The van der Waals surface area contributed by atoms with Crippen LogP contribution in [-0.2, 0) is 4.79 Å². The van der Waals surface area contributed by atoms with Crippen molar-refractivity contribution in [3.63, 3.8) is 0 Å². The Morgan fingerprint density at radius 3 is 2.44 bits per heavy atom. The first kappa shape index (κ1) is 19.6. The van der Waals surface area contributed by atoms with Crippen molar-refractivity contribution in [1.29, 1.82) is 0 Å². The topological polar surface area (TPSA) is 55.8 Å². The van der Waals surface area contributed by atoms with E-state index in [1.54, 1.807) is 12.1 Å². The Morgan fingerprint density at radius 2 is 1.80 bits per heavy atom.